The fourth-order valence-corrected chi connectivity index (χ4v) is 2.96. The summed E-state index contributed by atoms with van der Waals surface area (Å²) < 4.78 is 0. The van der Waals surface area contributed by atoms with Crippen LogP contribution in [0.15, 0.2) is 0 Å². The number of nitrogens with two attached hydrogens (primary N) is 1. The van der Waals surface area contributed by atoms with Crippen molar-refractivity contribution < 1.29 is 0 Å². The summed E-state index contributed by atoms with van der Waals surface area (Å²) in [5, 5.41) is 0. The zero-order valence-electron chi connectivity index (χ0n) is 9.99. The van der Waals surface area contributed by atoms with E-state index in [0.29, 0.717) is 0 Å². The quantitative estimate of drug-likeness (QED) is 0.847. The molecule has 88 valence electrons. The summed E-state index contributed by atoms with van der Waals surface area (Å²) in [6.45, 7) is 4.10. The third kappa shape index (κ3) is 2.74. The number of hydrogen-bond donors (Lipinski definition) is 1. The Kier molecular flexibility index (Phi) is 3.82. The van der Waals surface area contributed by atoms with Crippen LogP contribution in [0, 0.1) is 6.92 Å². The van der Waals surface area contributed by atoms with Gasteiger partial charge in [-0.2, -0.15) is 11.8 Å². The Morgan fingerprint density at radius 1 is 1.31 bits per heavy atom. The van der Waals surface area contributed by atoms with Crippen molar-refractivity contribution in [3.63, 3.8) is 0 Å². The van der Waals surface area contributed by atoms with E-state index in [0.717, 1.165) is 30.8 Å². The van der Waals surface area contributed by atoms with Gasteiger partial charge in [-0.05, 0) is 43.8 Å². The molecule has 4 heteroatoms. The lowest BCUT2D eigenvalue weighted by molar-refractivity contribution is 0.689. The maximum absolute atomic E-state index is 5.80. The van der Waals surface area contributed by atoms with E-state index in [4.69, 9.17) is 5.73 Å². The number of aromatic nitrogens is 2. The predicted molar refractivity (Wildman–Crippen MR) is 68.9 cm³/mol. The fourth-order valence-electron chi connectivity index (χ4n) is 2.07. The van der Waals surface area contributed by atoms with Crippen molar-refractivity contribution in [1.82, 2.24) is 9.97 Å². The monoisotopic (exact) mass is 237 g/mol. The van der Waals surface area contributed by atoms with Crippen LogP contribution < -0.4 is 5.73 Å². The third-order valence-electron chi connectivity index (χ3n) is 2.83. The molecule has 0 radical (unpaired) electrons. The Bertz CT molecular complexity index is 377. The summed E-state index contributed by atoms with van der Waals surface area (Å²) in [6.07, 6.45) is 2.97. The molecule has 3 nitrogen and oxygen atoms in total. The van der Waals surface area contributed by atoms with Gasteiger partial charge in [-0.3, -0.25) is 0 Å². The molecule has 1 unspecified atom stereocenters. The molecule has 0 aromatic carbocycles. The second kappa shape index (κ2) is 5.15. The molecular weight excluding hydrogens is 218 g/mol. The van der Waals surface area contributed by atoms with Gasteiger partial charge in [-0.15, -0.1) is 0 Å². The lowest BCUT2D eigenvalue weighted by Crippen LogP contribution is -2.20. The molecule has 1 aromatic heterocycles. The lowest BCUT2D eigenvalue weighted by atomic mass is 10.1. The summed E-state index contributed by atoms with van der Waals surface area (Å²) in [5.41, 5.74) is 9.58. The highest BCUT2D eigenvalue weighted by atomic mass is 32.2. The highest BCUT2D eigenvalue weighted by molar-refractivity contribution is 7.99. The summed E-state index contributed by atoms with van der Waals surface area (Å²) in [5.74, 6) is 3.29. The van der Waals surface area contributed by atoms with Gasteiger partial charge in [0.15, 0.2) is 0 Å². The minimum atomic E-state index is 0.137. The van der Waals surface area contributed by atoms with E-state index in [9.17, 15) is 0 Å². The molecule has 0 bridgehead atoms. The average Bonchev–Trinajstić information content (AvgIpc) is 2.41. The van der Waals surface area contributed by atoms with Crippen LogP contribution in [0.25, 0.3) is 0 Å². The van der Waals surface area contributed by atoms with E-state index in [2.05, 4.69) is 16.9 Å². The molecule has 16 heavy (non-hydrogen) atoms. The summed E-state index contributed by atoms with van der Waals surface area (Å²) >= 11 is 2.01. The van der Waals surface area contributed by atoms with Gasteiger partial charge in [0.1, 0.15) is 5.82 Å². The summed E-state index contributed by atoms with van der Waals surface area (Å²) in [7, 11) is 0. The molecule has 0 amide bonds. The first kappa shape index (κ1) is 11.9. The maximum Gasteiger partial charge on any atom is 0.130 e. The number of hydrogen-bond acceptors (Lipinski definition) is 4. The molecule has 2 rings (SSSR count). The Labute approximate surface area is 101 Å². The van der Waals surface area contributed by atoms with Crippen molar-refractivity contribution in [2.45, 2.75) is 39.2 Å². The normalized spacial score (nSPS) is 17.7. The first-order valence-electron chi connectivity index (χ1n) is 5.85. The number of aryl methyl sites for hydroxylation is 2. The van der Waals surface area contributed by atoms with Crippen LogP contribution >= 0.6 is 11.8 Å². The molecule has 0 saturated carbocycles. The third-order valence-corrected chi connectivity index (χ3v) is 3.82. The first-order valence-corrected chi connectivity index (χ1v) is 7.01. The SMILES string of the molecule is Cc1nc(CC(C)N)nc2c1CCSCC2. The van der Waals surface area contributed by atoms with Gasteiger partial charge in [0.25, 0.3) is 0 Å². The van der Waals surface area contributed by atoms with Crippen molar-refractivity contribution in [1.29, 1.82) is 0 Å². The van der Waals surface area contributed by atoms with Gasteiger partial charge in [0.2, 0.25) is 0 Å². The number of fused-ring (bicyclic) bond motifs is 1. The molecule has 1 aromatic rings. The van der Waals surface area contributed by atoms with E-state index in [1.807, 2.05) is 18.7 Å². The smallest absolute Gasteiger partial charge is 0.130 e. The summed E-state index contributed by atoms with van der Waals surface area (Å²) in [4.78, 5) is 9.24. The van der Waals surface area contributed by atoms with Crippen molar-refractivity contribution in [2.24, 2.45) is 5.73 Å². The minimum Gasteiger partial charge on any atom is -0.328 e. The molecule has 0 aliphatic carbocycles. The zero-order valence-corrected chi connectivity index (χ0v) is 10.8. The van der Waals surface area contributed by atoms with Crippen LogP contribution in [-0.4, -0.2) is 27.5 Å². The highest BCUT2D eigenvalue weighted by Gasteiger charge is 2.14. The van der Waals surface area contributed by atoms with Gasteiger partial charge in [0.05, 0.1) is 0 Å². The Morgan fingerprint density at radius 3 is 2.81 bits per heavy atom. The van der Waals surface area contributed by atoms with Crippen LogP contribution in [0.4, 0.5) is 0 Å². The Balaban J connectivity index is 2.32. The largest absolute Gasteiger partial charge is 0.328 e. The molecule has 0 fully saturated rings. The Hall–Kier alpha value is -0.610. The van der Waals surface area contributed by atoms with Gasteiger partial charge in [-0.1, -0.05) is 0 Å². The molecule has 2 N–H and O–H groups in total. The second-order valence-electron chi connectivity index (χ2n) is 4.44. The van der Waals surface area contributed by atoms with Gasteiger partial charge >= 0.3 is 0 Å². The van der Waals surface area contributed by atoms with Crippen LogP contribution in [0.1, 0.15) is 29.7 Å². The van der Waals surface area contributed by atoms with E-state index < -0.39 is 0 Å². The molecule has 2 heterocycles. The van der Waals surface area contributed by atoms with E-state index in [1.54, 1.807) is 0 Å². The molecule has 1 aliphatic rings. The van der Waals surface area contributed by atoms with Crippen LogP contribution in [0.5, 0.6) is 0 Å². The van der Waals surface area contributed by atoms with Gasteiger partial charge in [-0.25, -0.2) is 9.97 Å². The second-order valence-corrected chi connectivity index (χ2v) is 5.67. The maximum atomic E-state index is 5.80. The van der Waals surface area contributed by atoms with Crippen LogP contribution in [0.2, 0.25) is 0 Å². The first-order chi connectivity index (χ1) is 7.66. The van der Waals surface area contributed by atoms with E-state index in [1.165, 1.54) is 22.8 Å². The molecule has 0 spiro atoms. The zero-order chi connectivity index (χ0) is 11.5. The van der Waals surface area contributed by atoms with Crippen LogP contribution in [0.3, 0.4) is 0 Å². The topological polar surface area (TPSA) is 51.8 Å². The molecule has 1 atom stereocenters. The lowest BCUT2D eigenvalue weighted by Gasteiger charge is -2.11. The summed E-state index contributed by atoms with van der Waals surface area (Å²) in [6, 6.07) is 0.137. The number of thioether (sulfide) groups is 1. The Morgan fingerprint density at radius 2 is 2.06 bits per heavy atom. The van der Waals surface area contributed by atoms with E-state index >= 15 is 0 Å². The highest BCUT2D eigenvalue weighted by Crippen LogP contribution is 2.20. The van der Waals surface area contributed by atoms with Crippen molar-refractivity contribution in [2.75, 3.05) is 11.5 Å². The molecular formula is C12H19N3S. The predicted octanol–water partition coefficient (Wildman–Crippen LogP) is 1.51. The van der Waals surface area contributed by atoms with Gasteiger partial charge in [0, 0.05) is 23.9 Å². The van der Waals surface area contributed by atoms with Crippen molar-refractivity contribution in [3.8, 4) is 0 Å². The average molecular weight is 237 g/mol. The minimum absolute atomic E-state index is 0.137. The molecule has 0 saturated heterocycles. The fraction of sp³-hybridized carbons (Fsp3) is 0.667. The van der Waals surface area contributed by atoms with Crippen molar-refractivity contribution in [3.05, 3.63) is 22.8 Å². The van der Waals surface area contributed by atoms with Crippen LogP contribution in [-0.2, 0) is 19.3 Å². The number of nitrogens with zero attached hydrogens (tertiary/aromatic N) is 2. The number of rotatable bonds is 2. The van der Waals surface area contributed by atoms with Crippen molar-refractivity contribution >= 4 is 11.8 Å². The molecule has 1 aliphatic heterocycles. The standard InChI is InChI=1S/C12H19N3S/c1-8(13)7-12-14-9(2)10-3-5-16-6-4-11(10)15-12/h8H,3-7,13H2,1-2H3. The van der Waals surface area contributed by atoms with Gasteiger partial charge < -0.3 is 5.73 Å². The van der Waals surface area contributed by atoms with E-state index in [-0.39, 0.29) is 6.04 Å².